The summed E-state index contributed by atoms with van der Waals surface area (Å²) in [6.45, 7) is 5.73. The van der Waals surface area contributed by atoms with Crippen LogP contribution in [0.3, 0.4) is 0 Å². The molecule has 4 aromatic rings. The Balaban J connectivity index is 1.50. The third-order valence-corrected chi connectivity index (χ3v) is 10.6. The fourth-order valence-corrected chi connectivity index (χ4v) is 8.09. The smallest absolute Gasteiger partial charge is 0.242 e. The van der Waals surface area contributed by atoms with Crippen LogP contribution in [0, 0.1) is 6.92 Å². The summed E-state index contributed by atoms with van der Waals surface area (Å²) in [6.07, 6.45) is 1.98. The molecule has 222 valence electrons. The summed E-state index contributed by atoms with van der Waals surface area (Å²) in [7, 11) is 0. The fraction of sp³-hybridized carbons (Fsp3) is 0.303. The number of aromatic nitrogens is 1. The molecule has 0 bridgehead atoms. The molecule has 6 rings (SSSR count). The molecule has 2 aliphatic rings. The van der Waals surface area contributed by atoms with Crippen LogP contribution in [0.2, 0.25) is 5.02 Å². The van der Waals surface area contributed by atoms with Gasteiger partial charge < -0.3 is 19.7 Å². The Bertz CT molecular complexity index is 1680. The second kappa shape index (κ2) is 12.0. The van der Waals surface area contributed by atoms with Crippen LogP contribution >= 0.6 is 39.3 Å². The molecule has 3 aromatic carbocycles. The monoisotopic (exact) mass is 678 g/mol. The number of H-pyrrole nitrogens is 1. The number of piperazine rings is 1. The van der Waals surface area contributed by atoms with Crippen LogP contribution in [-0.4, -0.2) is 68.3 Å². The molecule has 3 heterocycles. The number of benzene rings is 3. The number of amides is 3. The minimum atomic E-state index is -1.14. The zero-order valence-corrected chi connectivity index (χ0v) is 27.1. The second-order valence-electron chi connectivity index (χ2n) is 11.3. The maximum absolute atomic E-state index is 14.9. The summed E-state index contributed by atoms with van der Waals surface area (Å²) in [4.78, 5) is 50.9. The predicted octanol–water partition coefficient (Wildman–Crippen LogP) is 6.59. The third-order valence-electron chi connectivity index (χ3n) is 8.42. The Morgan fingerprint density at radius 2 is 1.67 bits per heavy atom. The Kier molecular flexibility index (Phi) is 8.33. The Morgan fingerprint density at radius 1 is 1.00 bits per heavy atom. The predicted molar refractivity (Wildman–Crippen MR) is 174 cm³/mol. The van der Waals surface area contributed by atoms with Gasteiger partial charge >= 0.3 is 0 Å². The summed E-state index contributed by atoms with van der Waals surface area (Å²) >= 11 is 11.3. The van der Waals surface area contributed by atoms with Crippen LogP contribution < -0.4 is 0 Å². The number of carbonyl (C=O) groups is 3. The summed E-state index contributed by atoms with van der Waals surface area (Å²) in [5.74, 6) is -0.157. The molecular weight excluding hydrogens is 648 g/mol. The van der Waals surface area contributed by atoms with Crippen LogP contribution in [0.15, 0.2) is 82.3 Å². The van der Waals surface area contributed by atoms with Crippen LogP contribution in [-0.2, 0) is 20.9 Å². The molecule has 1 aromatic heterocycles. The highest BCUT2D eigenvalue weighted by Gasteiger charge is 2.59. The Hall–Kier alpha value is -3.27. The minimum absolute atomic E-state index is 0.00268. The highest BCUT2D eigenvalue weighted by molar-refractivity contribution is 9.10. The number of hydrogen-bond acceptors (Lipinski definition) is 4. The van der Waals surface area contributed by atoms with E-state index in [1.807, 2.05) is 89.7 Å². The van der Waals surface area contributed by atoms with E-state index < -0.39 is 10.8 Å². The van der Waals surface area contributed by atoms with Gasteiger partial charge in [0.25, 0.3) is 0 Å². The van der Waals surface area contributed by atoms with Gasteiger partial charge in [-0.3, -0.25) is 14.4 Å². The molecule has 2 fully saturated rings. The standard InChI is InChI=1S/C33H32BrClN4O3S/c1-21-3-10-26(11-4-21)43-33(32(42)38-15-13-37(14-16-38)22(2)40)18-30(41)39(20-23-5-7-24(34)8-6-23)31(33)28-19-36-29-17-25(35)9-12-27(28)29/h3-12,17,19,31,36H,13-16,18,20H2,1-2H3/t31-,33-/m0/s1. The lowest BCUT2D eigenvalue weighted by molar-refractivity contribution is -0.140. The number of halogens is 2. The van der Waals surface area contributed by atoms with Crippen molar-refractivity contribution >= 4 is 67.9 Å². The lowest BCUT2D eigenvalue weighted by Gasteiger charge is -2.42. The first-order valence-corrected chi connectivity index (χ1v) is 16.2. The van der Waals surface area contributed by atoms with Gasteiger partial charge in [0.2, 0.25) is 17.7 Å². The molecule has 0 aliphatic carbocycles. The number of rotatable bonds is 6. The minimum Gasteiger partial charge on any atom is -0.361 e. The number of thioether (sulfide) groups is 1. The number of fused-ring (bicyclic) bond motifs is 1. The van der Waals surface area contributed by atoms with Gasteiger partial charge in [-0.05, 0) is 48.9 Å². The second-order valence-corrected chi connectivity index (χ2v) is 14.0. The van der Waals surface area contributed by atoms with Gasteiger partial charge in [-0.25, -0.2) is 0 Å². The van der Waals surface area contributed by atoms with E-state index in [0.717, 1.165) is 37.0 Å². The average Bonchev–Trinajstić information content (AvgIpc) is 3.52. The zero-order chi connectivity index (χ0) is 30.3. The number of likely N-dealkylation sites (tertiary alicyclic amines) is 1. The van der Waals surface area contributed by atoms with Crippen molar-refractivity contribution in [3.8, 4) is 0 Å². The molecule has 43 heavy (non-hydrogen) atoms. The van der Waals surface area contributed by atoms with Gasteiger partial charge in [0.15, 0.2) is 0 Å². The van der Waals surface area contributed by atoms with Crippen molar-refractivity contribution in [1.29, 1.82) is 0 Å². The van der Waals surface area contributed by atoms with Crippen molar-refractivity contribution in [1.82, 2.24) is 19.7 Å². The fourth-order valence-electron chi connectivity index (χ4n) is 6.19. The molecule has 3 amide bonds. The van der Waals surface area contributed by atoms with Gasteiger partial charge in [0, 0.05) is 76.7 Å². The van der Waals surface area contributed by atoms with Gasteiger partial charge in [-0.2, -0.15) is 0 Å². The van der Waals surface area contributed by atoms with Gasteiger partial charge in [-0.1, -0.05) is 63.4 Å². The first-order chi connectivity index (χ1) is 20.6. The number of carbonyl (C=O) groups excluding carboxylic acids is 3. The first-order valence-electron chi connectivity index (χ1n) is 14.3. The van der Waals surface area contributed by atoms with E-state index >= 15 is 0 Å². The van der Waals surface area contributed by atoms with Crippen molar-refractivity contribution in [2.24, 2.45) is 0 Å². The van der Waals surface area contributed by atoms with Crippen molar-refractivity contribution in [3.05, 3.63) is 99.1 Å². The normalized spacial score (nSPS) is 20.7. The number of hydrogen-bond donors (Lipinski definition) is 1. The van der Waals surface area contributed by atoms with Gasteiger partial charge in [-0.15, -0.1) is 11.8 Å². The molecule has 2 atom stereocenters. The highest BCUT2D eigenvalue weighted by Crippen LogP contribution is 2.55. The number of aryl methyl sites for hydroxylation is 1. The molecule has 0 radical (unpaired) electrons. The summed E-state index contributed by atoms with van der Waals surface area (Å²) in [5.41, 5.74) is 3.82. The molecule has 0 unspecified atom stereocenters. The van der Waals surface area contributed by atoms with Gasteiger partial charge in [0.05, 0.1) is 12.5 Å². The van der Waals surface area contributed by atoms with E-state index in [2.05, 4.69) is 20.9 Å². The van der Waals surface area contributed by atoms with E-state index in [-0.39, 0.29) is 24.1 Å². The molecule has 0 spiro atoms. The van der Waals surface area contributed by atoms with Crippen molar-refractivity contribution in [2.45, 2.75) is 42.5 Å². The Morgan fingerprint density at radius 3 is 2.35 bits per heavy atom. The molecule has 2 aliphatic heterocycles. The largest absolute Gasteiger partial charge is 0.361 e. The third kappa shape index (κ3) is 5.82. The number of aromatic amines is 1. The maximum Gasteiger partial charge on any atom is 0.242 e. The van der Waals surface area contributed by atoms with E-state index in [4.69, 9.17) is 11.6 Å². The van der Waals surface area contributed by atoms with Crippen LogP contribution in [0.1, 0.15) is 36.1 Å². The first kappa shape index (κ1) is 29.8. The average molecular weight is 680 g/mol. The maximum atomic E-state index is 14.9. The lowest BCUT2D eigenvalue weighted by atomic mass is 9.90. The van der Waals surface area contributed by atoms with Crippen molar-refractivity contribution < 1.29 is 14.4 Å². The zero-order valence-electron chi connectivity index (χ0n) is 24.0. The Labute approximate surface area is 268 Å². The molecular formula is C33H32BrClN4O3S. The van der Waals surface area contributed by atoms with Crippen LogP contribution in [0.25, 0.3) is 10.9 Å². The quantitative estimate of drug-likeness (QED) is 0.250. The van der Waals surface area contributed by atoms with Crippen molar-refractivity contribution in [2.75, 3.05) is 26.2 Å². The van der Waals surface area contributed by atoms with E-state index in [9.17, 15) is 14.4 Å². The highest BCUT2D eigenvalue weighted by atomic mass is 79.9. The number of nitrogens with zero attached hydrogens (tertiary/aromatic N) is 3. The van der Waals surface area contributed by atoms with Crippen LogP contribution in [0.5, 0.6) is 0 Å². The molecule has 10 heteroatoms. The molecule has 0 saturated carbocycles. The lowest BCUT2D eigenvalue weighted by Crippen LogP contribution is -2.56. The molecule has 1 N–H and O–H groups in total. The SMILES string of the molecule is CC(=O)N1CCN(C(=O)[C@]2(Sc3ccc(C)cc3)CC(=O)N(Cc3ccc(Br)cc3)[C@H]2c2c[nH]c3cc(Cl)ccc23)CC1. The van der Waals surface area contributed by atoms with E-state index in [1.165, 1.54) is 11.8 Å². The van der Waals surface area contributed by atoms with E-state index in [1.54, 1.807) is 11.8 Å². The summed E-state index contributed by atoms with van der Waals surface area (Å²) in [6, 6.07) is 21.1. The topological polar surface area (TPSA) is 76.7 Å². The number of nitrogens with one attached hydrogen (secondary N) is 1. The van der Waals surface area contributed by atoms with Crippen molar-refractivity contribution in [3.63, 3.8) is 0 Å². The van der Waals surface area contributed by atoms with E-state index in [0.29, 0.717) is 37.7 Å². The molecule has 2 saturated heterocycles. The van der Waals surface area contributed by atoms with Crippen LogP contribution in [0.4, 0.5) is 0 Å². The van der Waals surface area contributed by atoms with Gasteiger partial charge in [0.1, 0.15) is 4.75 Å². The molecule has 7 nitrogen and oxygen atoms in total. The summed E-state index contributed by atoms with van der Waals surface area (Å²) in [5, 5.41) is 1.53. The summed E-state index contributed by atoms with van der Waals surface area (Å²) < 4.78 is -0.187.